The molecule has 2 amide bonds. The van der Waals surface area contributed by atoms with E-state index in [9.17, 15) is 14.7 Å². The SMILES string of the molecule is CC(C)(C)OC(=O)NC(COc1ccc(C#N)cc1)CN1CC2CN(C(=O)O)CC(C1)O2. The van der Waals surface area contributed by atoms with Crippen LogP contribution in [0.5, 0.6) is 5.75 Å². The summed E-state index contributed by atoms with van der Waals surface area (Å²) in [5.74, 6) is 0.593. The minimum Gasteiger partial charge on any atom is -0.491 e. The summed E-state index contributed by atoms with van der Waals surface area (Å²) >= 11 is 0. The van der Waals surface area contributed by atoms with Crippen molar-refractivity contribution in [2.75, 3.05) is 39.3 Å². The Morgan fingerprint density at radius 3 is 2.38 bits per heavy atom. The molecule has 0 spiro atoms. The van der Waals surface area contributed by atoms with E-state index in [4.69, 9.17) is 19.5 Å². The highest BCUT2D eigenvalue weighted by molar-refractivity contribution is 5.68. The number of fused-ring (bicyclic) bond motifs is 2. The quantitative estimate of drug-likeness (QED) is 0.679. The monoisotopic (exact) mass is 446 g/mol. The zero-order valence-corrected chi connectivity index (χ0v) is 18.6. The fraction of sp³-hybridized carbons (Fsp3) is 0.591. The summed E-state index contributed by atoms with van der Waals surface area (Å²) in [7, 11) is 0. The number of nitrogens with one attached hydrogen (secondary N) is 1. The molecule has 1 aromatic rings. The van der Waals surface area contributed by atoms with Gasteiger partial charge in [0.2, 0.25) is 0 Å². The maximum atomic E-state index is 12.4. The highest BCUT2D eigenvalue weighted by Gasteiger charge is 2.37. The average Bonchev–Trinajstić information content (AvgIpc) is 2.70. The van der Waals surface area contributed by atoms with Crippen LogP contribution in [-0.4, -0.2) is 90.3 Å². The smallest absolute Gasteiger partial charge is 0.408 e. The molecule has 3 rings (SSSR count). The second kappa shape index (κ2) is 10.1. The van der Waals surface area contributed by atoms with Crippen LogP contribution in [0.1, 0.15) is 26.3 Å². The lowest BCUT2D eigenvalue weighted by molar-refractivity contribution is -0.133. The number of benzene rings is 1. The van der Waals surface area contributed by atoms with Gasteiger partial charge in [0.15, 0.2) is 0 Å². The van der Waals surface area contributed by atoms with Gasteiger partial charge in [-0.15, -0.1) is 0 Å². The van der Waals surface area contributed by atoms with Crippen LogP contribution < -0.4 is 10.1 Å². The third kappa shape index (κ3) is 7.00. The number of carboxylic acid groups (broad SMARTS) is 1. The molecule has 2 fully saturated rings. The molecular formula is C22H30N4O6. The molecule has 1 aromatic carbocycles. The van der Waals surface area contributed by atoms with Gasteiger partial charge in [-0.25, -0.2) is 9.59 Å². The molecule has 0 radical (unpaired) electrons. The van der Waals surface area contributed by atoms with Gasteiger partial charge < -0.3 is 29.5 Å². The third-order valence-corrected chi connectivity index (χ3v) is 5.06. The lowest BCUT2D eigenvalue weighted by Crippen LogP contribution is -2.62. The van der Waals surface area contributed by atoms with Crippen molar-refractivity contribution < 1.29 is 28.9 Å². The molecule has 2 aliphatic rings. The van der Waals surface area contributed by atoms with Crippen molar-refractivity contribution >= 4 is 12.2 Å². The lowest BCUT2D eigenvalue weighted by Gasteiger charge is -2.45. The van der Waals surface area contributed by atoms with Crippen LogP contribution in [0.4, 0.5) is 9.59 Å². The fourth-order valence-corrected chi connectivity index (χ4v) is 3.83. The van der Waals surface area contributed by atoms with Gasteiger partial charge in [-0.2, -0.15) is 5.26 Å². The Kier molecular flexibility index (Phi) is 7.43. The van der Waals surface area contributed by atoms with Crippen molar-refractivity contribution in [1.82, 2.24) is 15.1 Å². The highest BCUT2D eigenvalue weighted by Crippen LogP contribution is 2.20. The Morgan fingerprint density at radius 2 is 1.84 bits per heavy atom. The molecule has 2 heterocycles. The Morgan fingerprint density at radius 1 is 1.22 bits per heavy atom. The van der Waals surface area contributed by atoms with Crippen molar-refractivity contribution in [3.63, 3.8) is 0 Å². The number of morpholine rings is 2. The van der Waals surface area contributed by atoms with Crippen molar-refractivity contribution in [3.8, 4) is 11.8 Å². The van der Waals surface area contributed by atoms with Crippen LogP contribution in [0.2, 0.25) is 0 Å². The molecule has 10 heteroatoms. The standard InChI is InChI=1S/C22H30N4O6/c1-22(2,3)32-20(27)24-16(14-30-17-6-4-15(8-23)5-7-17)9-25-10-18-12-26(21(28)29)13-19(11-25)31-18/h4-7,16,18-19H,9-14H2,1-3H3,(H,24,27)(H,28,29). The molecule has 2 aliphatic heterocycles. The van der Waals surface area contributed by atoms with E-state index in [0.29, 0.717) is 44.0 Å². The van der Waals surface area contributed by atoms with Gasteiger partial charge in [0.25, 0.3) is 0 Å². The zero-order valence-electron chi connectivity index (χ0n) is 18.6. The predicted octanol–water partition coefficient (Wildman–Crippen LogP) is 1.89. The van der Waals surface area contributed by atoms with E-state index in [2.05, 4.69) is 16.3 Å². The molecule has 0 saturated carbocycles. The molecular weight excluding hydrogens is 416 g/mol. The number of nitrogens with zero attached hydrogens (tertiary/aromatic N) is 3. The topological polar surface area (TPSA) is 124 Å². The first kappa shape index (κ1) is 23.6. The first-order valence-corrected chi connectivity index (χ1v) is 10.6. The third-order valence-electron chi connectivity index (χ3n) is 5.06. The number of nitriles is 1. The number of rotatable bonds is 6. The summed E-state index contributed by atoms with van der Waals surface area (Å²) in [6.45, 7) is 7.87. The maximum absolute atomic E-state index is 12.4. The van der Waals surface area contributed by atoms with E-state index in [1.165, 1.54) is 4.90 Å². The number of carbonyl (C=O) groups excluding carboxylic acids is 1. The molecule has 0 aliphatic carbocycles. The number of hydrogen-bond donors (Lipinski definition) is 2. The van der Waals surface area contributed by atoms with Crippen molar-refractivity contribution in [1.29, 1.82) is 5.26 Å². The number of hydrogen-bond acceptors (Lipinski definition) is 7. The maximum Gasteiger partial charge on any atom is 0.408 e. The summed E-state index contributed by atoms with van der Waals surface area (Å²) in [4.78, 5) is 27.2. The van der Waals surface area contributed by atoms with E-state index in [-0.39, 0.29) is 24.9 Å². The van der Waals surface area contributed by atoms with Gasteiger partial charge in [0.1, 0.15) is 18.0 Å². The van der Waals surface area contributed by atoms with Gasteiger partial charge in [0.05, 0.1) is 43.0 Å². The van der Waals surface area contributed by atoms with Gasteiger partial charge >= 0.3 is 12.2 Å². The molecule has 0 aromatic heterocycles. The Bertz CT molecular complexity index is 833. The van der Waals surface area contributed by atoms with Crippen LogP contribution in [0, 0.1) is 11.3 Å². The summed E-state index contributed by atoms with van der Waals surface area (Å²) in [5, 5.41) is 21.1. The molecule has 2 saturated heterocycles. The highest BCUT2D eigenvalue weighted by atomic mass is 16.6. The molecule has 3 atom stereocenters. The fourth-order valence-electron chi connectivity index (χ4n) is 3.83. The molecule has 2 bridgehead atoms. The van der Waals surface area contributed by atoms with Crippen molar-refractivity contribution in [2.24, 2.45) is 0 Å². The number of carbonyl (C=O) groups is 2. The summed E-state index contributed by atoms with van der Waals surface area (Å²) < 4.78 is 17.2. The largest absolute Gasteiger partial charge is 0.491 e. The molecule has 2 N–H and O–H groups in total. The van der Waals surface area contributed by atoms with Gasteiger partial charge in [0, 0.05) is 19.6 Å². The number of amides is 2. The molecule has 174 valence electrons. The normalized spacial score (nSPS) is 21.9. The minimum absolute atomic E-state index is 0.207. The van der Waals surface area contributed by atoms with Gasteiger partial charge in [-0.05, 0) is 45.0 Å². The number of ether oxygens (including phenoxy) is 3. The van der Waals surface area contributed by atoms with Crippen molar-refractivity contribution in [3.05, 3.63) is 29.8 Å². The van der Waals surface area contributed by atoms with Gasteiger partial charge in [-0.3, -0.25) is 4.90 Å². The second-order valence-electron chi connectivity index (χ2n) is 9.08. The Hall–Kier alpha value is -3.03. The van der Waals surface area contributed by atoms with Crippen LogP contribution in [0.25, 0.3) is 0 Å². The van der Waals surface area contributed by atoms with Crippen LogP contribution >= 0.6 is 0 Å². The lowest BCUT2D eigenvalue weighted by atomic mass is 10.1. The second-order valence-corrected chi connectivity index (χ2v) is 9.08. The van der Waals surface area contributed by atoms with E-state index in [0.717, 1.165) is 0 Å². The average molecular weight is 447 g/mol. The van der Waals surface area contributed by atoms with E-state index >= 15 is 0 Å². The molecule has 10 nitrogen and oxygen atoms in total. The first-order chi connectivity index (χ1) is 15.1. The minimum atomic E-state index is -0.933. The summed E-state index contributed by atoms with van der Waals surface area (Å²) in [6.07, 6.45) is -1.88. The predicted molar refractivity (Wildman–Crippen MR) is 115 cm³/mol. The number of alkyl carbamates (subject to hydrolysis) is 1. The Labute approximate surface area is 187 Å². The van der Waals surface area contributed by atoms with E-state index in [1.807, 2.05) is 0 Å². The first-order valence-electron chi connectivity index (χ1n) is 10.6. The van der Waals surface area contributed by atoms with E-state index < -0.39 is 17.8 Å². The zero-order chi connectivity index (χ0) is 23.3. The van der Waals surface area contributed by atoms with Crippen LogP contribution in [0.15, 0.2) is 24.3 Å². The van der Waals surface area contributed by atoms with Crippen molar-refractivity contribution in [2.45, 2.75) is 44.6 Å². The molecule has 3 unspecified atom stereocenters. The molecule has 32 heavy (non-hydrogen) atoms. The Balaban J connectivity index is 1.62. The van der Waals surface area contributed by atoms with Crippen LogP contribution in [-0.2, 0) is 9.47 Å². The summed E-state index contributed by atoms with van der Waals surface area (Å²) in [6, 6.07) is 8.46. The summed E-state index contributed by atoms with van der Waals surface area (Å²) in [5.41, 5.74) is -0.0881. The van der Waals surface area contributed by atoms with Gasteiger partial charge in [-0.1, -0.05) is 0 Å². The van der Waals surface area contributed by atoms with E-state index in [1.54, 1.807) is 45.0 Å². The van der Waals surface area contributed by atoms with Crippen LogP contribution in [0.3, 0.4) is 0 Å².